The van der Waals surface area contributed by atoms with Crippen molar-refractivity contribution >= 4 is 23.7 Å². The van der Waals surface area contributed by atoms with E-state index >= 15 is 0 Å². The van der Waals surface area contributed by atoms with Gasteiger partial charge in [0.1, 0.15) is 6.04 Å². The molecule has 4 N–H and O–H groups in total. The molecule has 1 rings (SSSR count). The zero-order valence-electron chi connectivity index (χ0n) is 9.87. The molecule has 0 saturated carbocycles. The lowest BCUT2D eigenvalue weighted by atomic mass is 10.1. The minimum Gasteiger partial charge on any atom is -0.481 e. The van der Waals surface area contributed by atoms with Crippen LogP contribution >= 0.6 is 0 Å². The molecular formula is C11H13N3O5. The SMILES string of the molecule is O=C(O)CCC(NC(=O)Nc1cccnc1)C(=O)O. The molecule has 0 aliphatic carbocycles. The Morgan fingerprint density at radius 1 is 1.32 bits per heavy atom. The van der Waals surface area contributed by atoms with Crippen molar-refractivity contribution in [1.82, 2.24) is 10.3 Å². The van der Waals surface area contributed by atoms with E-state index in [1.165, 1.54) is 12.4 Å². The fraction of sp³-hybridized carbons (Fsp3) is 0.273. The number of urea groups is 1. The van der Waals surface area contributed by atoms with Crippen LogP contribution in [-0.4, -0.2) is 39.2 Å². The fourth-order valence-corrected chi connectivity index (χ4v) is 1.29. The zero-order chi connectivity index (χ0) is 14.3. The average Bonchev–Trinajstić information content (AvgIpc) is 2.35. The van der Waals surface area contributed by atoms with Crippen LogP contribution in [0, 0.1) is 0 Å². The standard InChI is InChI=1S/C11H13N3O5/c15-9(16)4-3-8(10(17)18)14-11(19)13-7-2-1-5-12-6-7/h1-2,5-6,8H,3-4H2,(H,15,16)(H,17,18)(H2,13,14,19). The average molecular weight is 267 g/mol. The topological polar surface area (TPSA) is 129 Å². The summed E-state index contributed by atoms with van der Waals surface area (Å²) >= 11 is 0. The molecule has 1 unspecified atom stereocenters. The normalized spacial score (nSPS) is 11.4. The lowest BCUT2D eigenvalue weighted by Crippen LogP contribution is -2.43. The predicted molar refractivity (Wildman–Crippen MR) is 64.7 cm³/mol. The molecule has 0 aliphatic rings. The molecule has 0 saturated heterocycles. The van der Waals surface area contributed by atoms with Gasteiger partial charge in [-0.05, 0) is 18.6 Å². The van der Waals surface area contributed by atoms with Crippen LogP contribution in [0.3, 0.4) is 0 Å². The monoisotopic (exact) mass is 267 g/mol. The first-order valence-corrected chi connectivity index (χ1v) is 5.41. The van der Waals surface area contributed by atoms with Crippen molar-refractivity contribution in [1.29, 1.82) is 0 Å². The number of rotatable bonds is 6. The lowest BCUT2D eigenvalue weighted by Gasteiger charge is -2.14. The second-order valence-corrected chi connectivity index (χ2v) is 3.66. The smallest absolute Gasteiger partial charge is 0.326 e. The number of amides is 2. The van der Waals surface area contributed by atoms with Gasteiger partial charge in [0.25, 0.3) is 0 Å². The van der Waals surface area contributed by atoms with Crippen LogP contribution in [-0.2, 0) is 9.59 Å². The Morgan fingerprint density at radius 3 is 2.58 bits per heavy atom. The minimum absolute atomic E-state index is 0.189. The van der Waals surface area contributed by atoms with E-state index in [2.05, 4.69) is 15.6 Å². The molecule has 8 nitrogen and oxygen atoms in total. The highest BCUT2D eigenvalue weighted by Crippen LogP contribution is 2.03. The number of aromatic nitrogens is 1. The van der Waals surface area contributed by atoms with Crippen LogP contribution in [0.1, 0.15) is 12.8 Å². The van der Waals surface area contributed by atoms with Gasteiger partial charge in [-0.3, -0.25) is 9.78 Å². The largest absolute Gasteiger partial charge is 0.481 e. The Hall–Kier alpha value is -2.64. The predicted octanol–water partition coefficient (Wildman–Crippen LogP) is 0.521. The van der Waals surface area contributed by atoms with Crippen molar-refractivity contribution in [2.45, 2.75) is 18.9 Å². The molecular weight excluding hydrogens is 254 g/mol. The van der Waals surface area contributed by atoms with Crippen LogP contribution in [0.4, 0.5) is 10.5 Å². The van der Waals surface area contributed by atoms with Crippen molar-refractivity contribution < 1.29 is 24.6 Å². The van der Waals surface area contributed by atoms with Crippen molar-refractivity contribution in [3.05, 3.63) is 24.5 Å². The second-order valence-electron chi connectivity index (χ2n) is 3.66. The number of nitrogens with one attached hydrogen (secondary N) is 2. The molecule has 0 bridgehead atoms. The summed E-state index contributed by atoms with van der Waals surface area (Å²) in [6, 6.07) is 1.20. The van der Waals surface area contributed by atoms with Gasteiger partial charge in [0.15, 0.2) is 0 Å². The number of carbonyl (C=O) groups is 3. The molecule has 102 valence electrons. The molecule has 1 aromatic heterocycles. The van der Waals surface area contributed by atoms with Crippen LogP contribution in [0.25, 0.3) is 0 Å². The molecule has 8 heteroatoms. The van der Waals surface area contributed by atoms with E-state index in [9.17, 15) is 14.4 Å². The van der Waals surface area contributed by atoms with Crippen molar-refractivity contribution in [2.24, 2.45) is 0 Å². The lowest BCUT2D eigenvalue weighted by molar-refractivity contribution is -0.140. The summed E-state index contributed by atoms with van der Waals surface area (Å²) in [5, 5.41) is 21.9. The Bertz CT molecular complexity index is 463. The third kappa shape index (κ3) is 5.48. The molecule has 0 radical (unpaired) electrons. The van der Waals surface area contributed by atoms with Crippen LogP contribution in [0.15, 0.2) is 24.5 Å². The minimum atomic E-state index is -1.29. The first-order chi connectivity index (χ1) is 8.99. The zero-order valence-corrected chi connectivity index (χ0v) is 9.87. The number of nitrogens with zero attached hydrogens (tertiary/aromatic N) is 1. The third-order valence-electron chi connectivity index (χ3n) is 2.17. The maximum Gasteiger partial charge on any atom is 0.326 e. The Balaban J connectivity index is 2.52. The third-order valence-corrected chi connectivity index (χ3v) is 2.17. The number of carbonyl (C=O) groups excluding carboxylic acids is 1. The summed E-state index contributed by atoms with van der Waals surface area (Å²) in [5.41, 5.74) is 0.405. The molecule has 0 fully saturated rings. The van der Waals surface area contributed by atoms with E-state index in [0.29, 0.717) is 5.69 Å². The Morgan fingerprint density at radius 2 is 2.05 bits per heavy atom. The Labute approximate surface area is 108 Å². The van der Waals surface area contributed by atoms with Gasteiger partial charge in [-0.25, -0.2) is 9.59 Å². The molecule has 0 aliphatic heterocycles. The number of pyridine rings is 1. The van der Waals surface area contributed by atoms with E-state index in [1.807, 2.05) is 0 Å². The molecule has 2 amide bonds. The van der Waals surface area contributed by atoms with Gasteiger partial charge in [-0.2, -0.15) is 0 Å². The number of anilines is 1. The fourth-order valence-electron chi connectivity index (χ4n) is 1.29. The van der Waals surface area contributed by atoms with Gasteiger partial charge in [0.05, 0.1) is 11.9 Å². The number of hydrogen-bond donors (Lipinski definition) is 4. The summed E-state index contributed by atoms with van der Waals surface area (Å²) in [6.07, 6.45) is 2.39. The van der Waals surface area contributed by atoms with Crippen molar-refractivity contribution in [3.8, 4) is 0 Å². The van der Waals surface area contributed by atoms with Gasteiger partial charge in [-0.1, -0.05) is 0 Å². The highest BCUT2D eigenvalue weighted by Gasteiger charge is 2.20. The second kappa shape index (κ2) is 6.94. The summed E-state index contributed by atoms with van der Waals surface area (Å²) in [6.45, 7) is 0. The van der Waals surface area contributed by atoms with E-state index in [4.69, 9.17) is 10.2 Å². The van der Waals surface area contributed by atoms with Crippen LogP contribution < -0.4 is 10.6 Å². The number of aliphatic carboxylic acids is 2. The van der Waals surface area contributed by atoms with Gasteiger partial charge in [0, 0.05) is 12.6 Å². The summed E-state index contributed by atoms with van der Waals surface area (Å²) in [5.74, 6) is -2.41. The maximum absolute atomic E-state index is 11.5. The molecule has 1 atom stereocenters. The van der Waals surface area contributed by atoms with E-state index < -0.39 is 24.0 Å². The van der Waals surface area contributed by atoms with Crippen LogP contribution in [0.5, 0.6) is 0 Å². The Kier molecular flexibility index (Phi) is 5.27. The quantitative estimate of drug-likeness (QED) is 0.594. The van der Waals surface area contributed by atoms with Gasteiger partial charge < -0.3 is 20.8 Å². The van der Waals surface area contributed by atoms with Gasteiger partial charge in [-0.15, -0.1) is 0 Å². The first kappa shape index (κ1) is 14.4. The maximum atomic E-state index is 11.5. The summed E-state index contributed by atoms with van der Waals surface area (Å²) in [7, 11) is 0. The highest BCUT2D eigenvalue weighted by molar-refractivity contribution is 5.92. The van der Waals surface area contributed by atoms with Gasteiger partial charge >= 0.3 is 18.0 Å². The molecule has 0 aromatic carbocycles. The van der Waals surface area contributed by atoms with E-state index in [0.717, 1.165) is 0 Å². The van der Waals surface area contributed by atoms with Crippen molar-refractivity contribution in [3.63, 3.8) is 0 Å². The molecule has 1 aromatic rings. The summed E-state index contributed by atoms with van der Waals surface area (Å²) in [4.78, 5) is 36.5. The van der Waals surface area contributed by atoms with E-state index in [1.54, 1.807) is 12.1 Å². The first-order valence-electron chi connectivity index (χ1n) is 5.41. The number of hydrogen-bond acceptors (Lipinski definition) is 4. The molecule has 1 heterocycles. The van der Waals surface area contributed by atoms with Crippen molar-refractivity contribution in [2.75, 3.05) is 5.32 Å². The van der Waals surface area contributed by atoms with Gasteiger partial charge in [0.2, 0.25) is 0 Å². The van der Waals surface area contributed by atoms with Crippen LogP contribution in [0.2, 0.25) is 0 Å². The van der Waals surface area contributed by atoms with E-state index in [-0.39, 0.29) is 12.8 Å². The highest BCUT2D eigenvalue weighted by atomic mass is 16.4. The summed E-state index contributed by atoms with van der Waals surface area (Å²) < 4.78 is 0. The molecule has 19 heavy (non-hydrogen) atoms. The number of carboxylic acids is 2. The molecule has 0 spiro atoms. The number of carboxylic acid groups (broad SMARTS) is 2.